The molecule has 4 aromatic rings. The molecule has 0 saturated carbocycles. The van der Waals surface area contributed by atoms with Gasteiger partial charge in [-0.05, 0) is 41.7 Å². The minimum absolute atomic E-state index is 0.104. The van der Waals surface area contributed by atoms with Crippen LogP contribution in [0.4, 0.5) is 0 Å². The van der Waals surface area contributed by atoms with Crippen molar-refractivity contribution in [2.45, 2.75) is 30.5 Å². The summed E-state index contributed by atoms with van der Waals surface area (Å²) in [6.45, 7) is 0.885. The maximum Gasteiger partial charge on any atom is 0.130 e. The second-order valence-electron chi connectivity index (χ2n) is 8.84. The van der Waals surface area contributed by atoms with Crippen molar-refractivity contribution in [3.8, 4) is 11.8 Å². The SMILES string of the molecule is OC(c1ccccc1)(c1ccccc1)[C@@H]1CCCN1[C@H](C#Cc1ccccc1)c1ccccc1. The molecule has 0 spiro atoms. The van der Waals surface area contributed by atoms with Gasteiger partial charge in [0, 0.05) is 18.2 Å². The van der Waals surface area contributed by atoms with Gasteiger partial charge in [-0.2, -0.15) is 0 Å². The number of nitrogens with zero attached hydrogens (tertiary/aromatic N) is 1. The Morgan fingerprint density at radius 2 is 1.21 bits per heavy atom. The molecule has 0 unspecified atom stereocenters. The summed E-state index contributed by atoms with van der Waals surface area (Å²) in [5, 5.41) is 12.5. The Hall–Kier alpha value is -3.64. The third-order valence-electron chi connectivity index (χ3n) is 6.78. The predicted molar refractivity (Wildman–Crippen MR) is 138 cm³/mol. The molecule has 0 amide bonds. The van der Waals surface area contributed by atoms with Crippen LogP contribution in [0.25, 0.3) is 0 Å². The average Bonchev–Trinajstić information content (AvgIpc) is 3.41. The third-order valence-corrected chi connectivity index (χ3v) is 6.78. The smallest absolute Gasteiger partial charge is 0.130 e. The number of hydrogen-bond donors (Lipinski definition) is 1. The molecule has 0 bridgehead atoms. The Bertz CT molecular complexity index is 1200. The van der Waals surface area contributed by atoms with Crippen molar-refractivity contribution in [1.29, 1.82) is 0 Å². The molecule has 1 N–H and O–H groups in total. The van der Waals surface area contributed by atoms with E-state index in [4.69, 9.17) is 0 Å². The van der Waals surface area contributed by atoms with Gasteiger partial charge in [-0.15, -0.1) is 0 Å². The Morgan fingerprint density at radius 1 is 0.706 bits per heavy atom. The van der Waals surface area contributed by atoms with Gasteiger partial charge in [-0.1, -0.05) is 121 Å². The van der Waals surface area contributed by atoms with Crippen LogP contribution in [-0.2, 0) is 5.60 Å². The predicted octanol–water partition coefficient (Wildman–Crippen LogP) is 6.18. The highest BCUT2D eigenvalue weighted by Gasteiger charge is 2.47. The molecule has 34 heavy (non-hydrogen) atoms. The van der Waals surface area contributed by atoms with Crippen LogP contribution in [0.15, 0.2) is 121 Å². The monoisotopic (exact) mass is 443 g/mol. The van der Waals surface area contributed by atoms with E-state index in [0.29, 0.717) is 0 Å². The second-order valence-corrected chi connectivity index (χ2v) is 8.84. The maximum atomic E-state index is 12.5. The van der Waals surface area contributed by atoms with Crippen molar-refractivity contribution in [1.82, 2.24) is 4.90 Å². The van der Waals surface area contributed by atoms with Crippen LogP contribution < -0.4 is 0 Å². The van der Waals surface area contributed by atoms with Gasteiger partial charge < -0.3 is 5.11 Å². The van der Waals surface area contributed by atoms with Gasteiger partial charge in [-0.25, -0.2) is 0 Å². The van der Waals surface area contributed by atoms with Crippen LogP contribution in [0.1, 0.15) is 41.1 Å². The van der Waals surface area contributed by atoms with Crippen molar-refractivity contribution < 1.29 is 5.11 Å². The topological polar surface area (TPSA) is 23.5 Å². The molecule has 1 saturated heterocycles. The van der Waals surface area contributed by atoms with Gasteiger partial charge in [0.05, 0.1) is 6.04 Å². The number of benzene rings is 4. The van der Waals surface area contributed by atoms with Crippen LogP contribution in [0.2, 0.25) is 0 Å². The molecular formula is C32H29NO. The molecular weight excluding hydrogens is 414 g/mol. The first-order valence-corrected chi connectivity index (χ1v) is 12.0. The highest BCUT2D eigenvalue weighted by molar-refractivity contribution is 5.41. The van der Waals surface area contributed by atoms with Crippen LogP contribution in [0.3, 0.4) is 0 Å². The number of aliphatic hydroxyl groups is 1. The van der Waals surface area contributed by atoms with E-state index in [1.165, 1.54) is 0 Å². The molecule has 168 valence electrons. The molecule has 0 aromatic heterocycles. The average molecular weight is 444 g/mol. The Kier molecular flexibility index (Phi) is 6.58. The van der Waals surface area contributed by atoms with Gasteiger partial charge in [-0.3, -0.25) is 4.90 Å². The van der Waals surface area contributed by atoms with Crippen LogP contribution >= 0.6 is 0 Å². The van der Waals surface area contributed by atoms with Gasteiger partial charge >= 0.3 is 0 Å². The lowest BCUT2D eigenvalue weighted by atomic mass is 9.78. The summed E-state index contributed by atoms with van der Waals surface area (Å²) in [5.41, 5.74) is 2.85. The first kappa shape index (κ1) is 22.2. The molecule has 1 fully saturated rings. The van der Waals surface area contributed by atoms with Crippen molar-refractivity contribution in [2.24, 2.45) is 0 Å². The quantitative estimate of drug-likeness (QED) is 0.372. The minimum atomic E-state index is -1.14. The molecule has 1 aliphatic heterocycles. The second kappa shape index (κ2) is 10.1. The maximum absolute atomic E-state index is 12.5. The normalized spacial score (nSPS) is 17.0. The number of hydrogen-bond acceptors (Lipinski definition) is 2. The molecule has 1 aliphatic rings. The standard InChI is InChI=1S/C32H29NO/c34-32(28-18-9-3-10-19-28,29-20-11-4-12-21-29)31-22-13-25-33(31)30(27-16-7-2-8-17-27)24-23-26-14-5-1-6-15-26/h1-12,14-21,30-31,34H,13,22,25H2/t30-,31+/m1/s1. The number of rotatable bonds is 5. The third kappa shape index (κ3) is 4.41. The van der Waals surface area contributed by atoms with Gasteiger partial charge in [0.25, 0.3) is 0 Å². The first-order valence-electron chi connectivity index (χ1n) is 12.0. The Labute approximate surface area is 202 Å². The van der Waals surface area contributed by atoms with Crippen molar-refractivity contribution in [2.75, 3.05) is 6.54 Å². The molecule has 2 atom stereocenters. The summed E-state index contributed by atoms with van der Waals surface area (Å²) >= 11 is 0. The lowest BCUT2D eigenvalue weighted by Crippen LogP contribution is -2.49. The van der Waals surface area contributed by atoms with Crippen molar-refractivity contribution in [3.63, 3.8) is 0 Å². The minimum Gasteiger partial charge on any atom is -0.379 e. The molecule has 5 rings (SSSR count). The zero-order chi connectivity index (χ0) is 23.2. The summed E-state index contributed by atoms with van der Waals surface area (Å²) in [6.07, 6.45) is 1.92. The highest BCUT2D eigenvalue weighted by Crippen LogP contribution is 2.43. The van der Waals surface area contributed by atoms with Crippen LogP contribution in [-0.4, -0.2) is 22.6 Å². The van der Waals surface area contributed by atoms with Crippen molar-refractivity contribution in [3.05, 3.63) is 144 Å². The largest absolute Gasteiger partial charge is 0.379 e. The Morgan fingerprint density at radius 3 is 1.76 bits per heavy atom. The van der Waals surface area contributed by atoms with E-state index in [0.717, 1.165) is 41.6 Å². The van der Waals surface area contributed by atoms with E-state index in [2.05, 4.69) is 41.0 Å². The highest BCUT2D eigenvalue weighted by atomic mass is 16.3. The van der Waals surface area contributed by atoms with Gasteiger partial charge in [0.15, 0.2) is 0 Å². The van der Waals surface area contributed by atoms with Crippen LogP contribution in [0, 0.1) is 11.8 Å². The molecule has 1 heterocycles. The lowest BCUT2D eigenvalue weighted by molar-refractivity contribution is -0.0116. The van der Waals surface area contributed by atoms with Crippen LogP contribution in [0.5, 0.6) is 0 Å². The van der Waals surface area contributed by atoms with E-state index in [-0.39, 0.29) is 12.1 Å². The molecule has 2 nitrogen and oxygen atoms in total. The molecule has 0 radical (unpaired) electrons. The molecule has 0 aliphatic carbocycles. The van der Waals surface area contributed by atoms with E-state index in [9.17, 15) is 5.11 Å². The Balaban J connectivity index is 1.61. The van der Waals surface area contributed by atoms with E-state index >= 15 is 0 Å². The van der Waals surface area contributed by atoms with Gasteiger partial charge in [0.2, 0.25) is 0 Å². The van der Waals surface area contributed by atoms with Crippen molar-refractivity contribution >= 4 is 0 Å². The number of likely N-dealkylation sites (tertiary alicyclic amines) is 1. The molecule has 4 aromatic carbocycles. The zero-order valence-electron chi connectivity index (χ0n) is 19.2. The summed E-state index contributed by atoms with van der Waals surface area (Å²) in [4.78, 5) is 2.41. The summed E-state index contributed by atoms with van der Waals surface area (Å²) < 4.78 is 0. The van der Waals surface area contributed by atoms with E-state index in [1.807, 2.05) is 97.1 Å². The lowest BCUT2D eigenvalue weighted by Gasteiger charge is -2.42. The fourth-order valence-corrected chi connectivity index (χ4v) is 5.15. The fourth-order valence-electron chi connectivity index (χ4n) is 5.15. The fraction of sp³-hybridized carbons (Fsp3) is 0.188. The summed E-state index contributed by atoms with van der Waals surface area (Å²) in [7, 11) is 0. The van der Waals surface area contributed by atoms with Gasteiger partial charge in [0.1, 0.15) is 5.60 Å². The van der Waals surface area contributed by atoms with E-state index < -0.39 is 5.60 Å². The first-order chi connectivity index (χ1) is 16.8. The summed E-state index contributed by atoms with van der Waals surface area (Å²) in [5.74, 6) is 6.96. The van der Waals surface area contributed by atoms with E-state index in [1.54, 1.807) is 0 Å². The zero-order valence-corrected chi connectivity index (χ0v) is 19.2. The molecule has 2 heteroatoms. The summed E-state index contributed by atoms with van der Waals surface area (Å²) in [6, 6.07) is 40.5.